The van der Waals surface area contributed by atoms with Crippen molar-refractivity contribution in [3.63, 3.8) is 0 Å². The van der Waals surface area contributed by atoms with E-state index >= 15 is 0 Å². The normalized spacial score (nSPS) is 14.0. The summed E-state index contributed by atoms with van der Waals surface area (Å²) in [6.07, 6.45) is 7.99. The first-order chi connectivity index (χ1) is 15.4. The molecule has 0 fully saturated rings. The minimum absolute atomic E-state index is 0.0957. The summed E-state index contributed by atoms with van der Waals surface area (Å²) in [4.78, 5) is 42.3. The lowest BCUT2D eigenvalue weighted by Gasteiger charge is -2.18. The monoisotopic (exact) mass is 452 g/mol. The number of nitrogens with zero attached hydrogens (tertiary/aromatic N) is 2. The third kappa shape index (κ3) is 5.97. The molecule has 2 aromatic rings. The number of carbonyl (C=O) groups excluding carboxylic acids is 3. The Labute approximate surface area is 192 Å². The molecule has 7 nitrogen and oxygen atoms in total. The van der Waals surface area contributed by atoms with Crippen molar-refractivity contribution in [2.75, 3.05) is 12.0 Å². The third-order valence-electron chi connectivity index (χ3n) is 5.02. The average Bonchev–Trinajstić information content (AvgIpc) is 3.46. The molecule has 0 saturated carbocycles. The van der Waals surface area contributed by atoms with Crippen LogP contribution in [0.5, 0.6) is 0 Å². The van der Waals surface area contributed by atoms with E-state index in [0.29, 0.717) is 30.0 Å². The summed E-state index contributed by atoms with van der Waals surface area (Å²) in [5.74, 6) is 0.308. The minimum atomic E-state index is -0.706. The zero-order valence-corrected chi connectivity index (χ0v) is 19.3. The molecular weight excluding hydrogens is 424 g/mol. The maximum Gasteiger partial charge on any atom is 0.253 e. The molecule has 0 aliphatic carbocycles. The quantitative estimate of drug-likeness (QED) is 0.640. The molecule has 1 aliphatic heterocycles. The van der Waals surface area contributed by atoms with Crippen molar-refractivity contribution >= 4 is 41.0 Å². The summed E-state index contributed by atoms with van der Waals surface area (Å²) in [6.45, 7) is 3.60. The second kappa shape index (κ2) is 10.9. The molecule has 1 aromatic heterocycles. The standard InChI is InChI=1S/C24H28N4O3S/c1-16(2)24(31)28-13-11-18(15-28)22(29)26-20(12-14-32-3)23(30)27-21-10-9-19(25-21)17-7-5-4-6-8-17/h4-9,11,13,15-16,20H,10,12,14H2,1-3H3,(H,26,29)(H,25,27,30). The summed E-state index contributed by atoms with van der Waals surface area (Å²) >= 11 is 1.60. The number of amides is 2. The fourth-order valence-corrected chi connectivity index (χ4v) is 3.71. The lowest BCUT2D eigenvalue weighted by atomic mass is 10.1. The van der Waals surface area contributed by atoms with Crippen LogP contribution in [0.4, 0.5) is 0 Å². The Kier molecular flexibility index (Phi) is 8.05. The number of thioether (sulfide) groups is 1. The number of rotatable bonds is 8. The predicted octanol–water partition coefficient (Wildman–Crippen LogP) is 3.60. The van der Waals surface area contributed by atoms with Crippen molar-refractivity contribution < 1.29 is 14.4 Å². The van der Waals surface area contributed by atoms with Crippen LogP contribution in [0, 0.1) is 5.92 Å². The van der Waals surface area contributed by atoms with Crippen molar-refractivity contribution in [2.45, 2.75) is 32.7 Å². The van der Waals surface area contributed by atoms with Crippen LogP contribution in [0.25, 0.3) is 5.70 Å². The molecule has 1 unspecified atom stereocenters. The first-order valence-corrected chi connectivity index (χ1v) is 11.9. The Morgan fingerprint density at radius 2 is 1.91 bits per heavy atom. The first-order valence-electron chi connectivity index (χ1n) is 10.5. The van der Waals surface area contributed by atoms with E-state index in [0.717, 1.165) is 11.3 Å². The summed E-state index contributed by atoms with van der Waals surface area (Å²) in [5.41, 5.74) is 2.15. The van der Waals surface area contributed by atoms with Gasteiger partial charge in [-0.2, -0.15) is 11.8 Å². The SMILES string of the molecule is CSCCC(NC(=O)c1ccn(C(=O)C(C)C)c1)C(=O)NC1=NC(c2ccccc2)=CC1. The number of aliphatic imine (C=N–C) groups is 1. The van der Waals surface area contributed by atoms with Crippen molar-refractivity contribution in [1.82, 2.24) is 15.2 Å². The van der Waals surface area contributed by atoms with Gasteiger partial charge in [0.2, 0.25) is 11.8 Å². The molecule has 2 N–H and O–H groups in total. The van der Waals surface area contributed by atoms with Gasteiger partial charge in [-0.05, 0) is 30.1 Å². The van der Waals surface area contributed by atoms with E-state index in [1.807, 2.05) is 42.7 Å². The molecular formula is C24H28N4O3S. The second-order valence-electron chi connectivity index (χ2n) is 7.82. The van der Waals surface area contributed by atoms with Gasteiger partial charge in [-0.3, -0.25) is 19.0 Å². The van der Waals surface area contributed by atoms with Gasteiger partial charge in [-0.15, -0.1) is 0 Å². The summed E-state index contributed by atoms with van der Waals surface area (Å²) < 4.78 is 1.40. The van der Waals surface area contributed by atoms with E-state index < -0.39 is 11.9 Å². The van der Waals surface area contributed by atoms with Crippen molar-refractivity contribution in [1.29, 1.82) is 0 Å². The number of benzene rings is 1. The van der Waals surface area contributed by atoms with Crippen LogP contribution in [-0.4, -0.2) is 46.2 Å². The molecule has 2 amide bonds. The maximum absolute atomic E-state index is 12.9. The lowest BCUT2D eigenvalue weighted by molar-refractivity contribution is -0.121. The van der Waals surface area contributed by atoms with Crippen LogP contribution in [0.2, 0.25) is 0 Å². The Bertz CT molecular complexity index is 1040. The van der Waals surface area contributed by atoms with Gasteiger partial charge in [-0.25, -0.2) is 4.99 Å². The molecule has 1 aromatic carbocycles. The van der Waals surface area contributed by atoms with Gasteiger partial charge in [0.15, 0.2) is 0 Å². The summed E-state index contributed by atoms with van der Waals surface area (Å²) in [6, 6.07) is 10.6. The van der Waals surface area contributed by atoms with Gasteiger partial charge in [0.25, 0.3) is 5.91 Å². The van der Waals surface area contributed by atoms with Crippen molar-refractivity contribution in [3.8, 4) is 0 Å². The molecule has 0 bridgehead atoms. The Balaban J connectivity index is 1.65. The molecule has 2 heterocycles. The maximum atomic E-state index is 12.9. The zero-order valence-electron chi connectivity index (χ0n) is 18.5. The van der Waals surface area contributed by atoms with Crippen LogP contribution in [-0.2, 0) is 4.79 Å². The van der Waals surface area contributed by atoms with E-state index in [2.05, 4.69) is 15.6 Å². The van der Waals surface area contributed by atoms with Gasteiger partial charge >= 0.3 is 0 Å². The van der Waals surface area contributed by atoms with Gasteiger partial charge in [0.1, 0.15) is 11.9 Å². The second-order valence-corrected chi connectivity index (χ2v) is 8.80. The summed E-state index contributed by atoms with van der Waals surface area (Å²) in [7, 11) is 0. The number of nitrogens with one attached hydrogen (secondary N) is 2. The number of aromatic nitrogens is 1. The Morgan fingerprint density at radius 1 is 1.16 bits per heavy atom. The van der Waals surface area contributed by atoms with Crippen LogP contribution in [0.1, 0.15) is 47.4 Å². The van der Waals surface area contributed by atoms with Gasteiger partial charge in [-0.1, -0.05) is 50.3 Å². The molecule has 32 heavy (non-hydrogen) atoms. The number of hydrogen-bond donors (Lipinski definition) is 2. The summed E-state index contributed by atoms with van der Waals surface area (Å²) in [5, 5.41) is 5.66. The molecule has 0 spiro atoms. The van der Waals surface area contributed by atoms with Crippen molar-refractivity contribution in [2.24, 2.45) is 10.9 Å². The fraction of sp³-hybridized carbons (Fsp3) is 0.333. The molecule has 3 rings (SSSR count). The number of amidine groups is 1. The van der Waals surface area contributed by atoms with E-state index in [1.54, 1.807) is 37.9 Å². The fourth-order valence-electron chi connectivity index (χ4n) is 3.24. The minimum Gasteiger partial charge on any atom is -0.340 e. The lowest BCUT2D eigenvalue weighted by Crippen LogP contribution is -2.48. The van der Waals surface area contributed by atoms with Gasteiger partial charge in [0.05, 0.1) is 11.3 Å². The number of carbonyl (C=O) groups is 3. The Morgan fingerprint density at radius 3 is 2.59 bits per heavy atom. The first kappa shape index (κ1) is 23.5. The third-order valence-corrected chi connectivity index (χ3v) is 5.66. The van der Waals surface area contributed by atoms with E-state index in [4.69, 9.17) is 0 Å². The van der Waals surface area contributed by atoms with E-state index in [9.17, 15) is 14.4 Å². The number of hydrogen-bond acceptors (Lipinski definition) is 5. The van der Waals surface area contributed by atoms with Crippen LogP contribution < -0.4 is 10.6 Å². The highest BCUT2D eigenvalue weighted by Crippen LogP contribution is 2.21. The zero-order chi connectivity index (χ0) is 23.1. The van der Waals surface area contributed by atoms with Crippen molar-refractivity contribution in [3.05, 3.63) is 66.0 Å². The topological polar surface area (TPSA) is 92.6 Å². The molecule has 8 heteroatoms. The van der Waals surface area contributed by atoms with Gasteiger partial charge in [0, 0.05) is 24.7 Å². The van der Waals surface area contributed by atoms with Crippen LogP contribution >= 0.6 is 11.8 Å². The smallest absolute Gasteiger partial charge is 0.253 e. The molecule has 1 aliphatic rings. The molecule has 0 saturated heterocycles. The highest BCUT2D eigenvalue weighted by Gasteiger charge is 2.24. The molecule has 168 valence electrons. The van der Waals surface area contributed by atoms with Gasteiger partial charge < -0.3 is 10.6 Å². The van der Waals surface area contributed by atoms with E-state index in [-0.39, 0.29) is 17.7 Å². The molecule has 0 radical (unpaired) electrons. The Hall–Kier alpha value is -3.13. The van der Waals surface area contributed by atoms with Crippen LogP contribution in [0.15, 0.2) is 59.9 Å². The van der Waals surface area contributed by atoms with E-state index in [1.165, 1.54) is 10.8 Å². The van der Waals surface area contributed by atoms with Crippen LogP contribution in [0.3, 0.4) is 0 Å². The highest BCUT2D eigenvalue weighted by atomic mass is 32.2. The molecule has 1 atom stereocenters. The largest absolute Gasteiger partial charge is 0.340 e. The predicted molar refractivity (Wildman–Crippen MR) is 129 cm³/mol. The average molecular weight is 453 g/mol. The highest BCUT2D eigenvalue weighted by molar-refractivity contribution is 7.98.